The van der Waals surface area contributed by atoms with Crippen LogP contribution in [0, 0.1) is 13.8 Å². The summed E-state index contributed by atoms with van der Waals surface area (Å²) in [6, 6.07) is 13.8. The Hall–Kier alpha value is -1.48. The van der Waals surface area contributed by atoms with E-state index >= 15 is 0 Å². The minimum Gasteiger partial charge on any atom is -0.457 e. The van der Waals surface area contributed by atoms with Gasteiger partial charge in [0.05, 0.1) is 4.47 Å². The molecule has 0 fully saturated rings. The fourth-order valence-corrected chi connectivity index (χ4v) is 1.98. The SMILES string of the molecule is Cc1ccc(C)c(OCOc2ccccc2Br)c1. The third-order valence-electron chi connectivity index (χ3n) is 2.61. The largest absolute Gasteiger partial charge is 0.457 e. The lowest BCUT2D eigenvalue weighted by atomic mass is 10.1. The number of hydrogen-bond donors (Lipinski definition) is 0. The van der Waals surface area contributed by atoms with Crippen LogP contribution in [0.4, 0.5) is 0 Å². The number of benzene rings is 2. The highest BCUT2D eigenvalue weighted by Gasteiger charge is 2.02. The lowest BCUT2D eigenvalue weighted by Crippen LogP contribution is -2.06. The molecule has 94 valence electrons. The molecule has 0 N–H and O–H groups in total. The van der Waals surface area contributed by atoms with Gasteiger partial charge in [-0.15, -0.1) is 0 Å². The Morgan fingerprint density at radius 3 is 2.44 bits per heavy atom. The third-order valence-corrected chi connectivity index (χ3v) is 3.26. The van der Waals surface area contributed by atoms with Crippen molar-refractivity contribution in [1.82, 2.24) is 0 Å². The van der Waals surface area contributed by atoms with E-state index in [2.05, 4.69) is 22.0 Å². The Balaban J connectivity index is 1.96. The minimum absolute atomic E-state index is 0.201. The van der Waals surface area contributed by atoms with Crippen molar-refractivity contribution in [3.63, 3.8) is 0 Å². The van der Waals surface area contributed by atoms with E-state index in [1.807, 2.05) is 50.2 Å². The fraction of sp³-hybridized carbons (Fsp3) is 0.200. The first-order chi connectivity index (χ1) is 8.66. The van der Waals surface area contributed by atoms with E-state index in [9.17, 15) is 0 Å². The molecule has 0 aromatic heterocycles. The molecule has 2 aromatic rings. The van der Waals surface area contributed by atoms with E-state index in [1.165, 1.54) is 5.56 Å². The Morgan fingerprint density at radius 2 is 1.67 bits per heavy atom. The summed E-state index contributed by atoms with van der Waals surface area (Å²) in [6.07, 6.45) is 0. The van der Waals surface area contributed by atoms with Gasteiger partial charge in [-0.2, -0.15) is 0 Å². The number of ether oxygens (including phenoxy) is 2. The molecule has 0 bridgehead atoms. The van der Waals surface area contributed by atoms with E-state index in [1.54, 1.807) is 0 Å². The van der Waals surface area contributed by atoms with Crippen LogP contribution in [0.5, 0.6) is 11.5 Å². The molecule has 0 saturated heterocycles. The topological polar surface area (TPSA) is 18.5 Å². The first-order valence-corrected chi connectivity index (χ1v) is 6.53. The third kappa shape index (κ3) is 3.26. The summed E-state index contributed by atoms with van der Waals surface area (Å²) in [5.74, 6) is 1.64. The van der Waals surface area contributed by atoms with Crippen molar-refractivity contribution >= 4 is 15.9 Å². The predicted molar refractivity (Wildman–Crippen MR) is 76.2 cm³/mol. The predicted octanol–water partition coefficient (Wildman–Crippen LogP) is 4.48. The van der Waals surface area contributed by atoms with Crippen molar-refractivity contribution in [3.8, 4) is 11.5 Å². The molecule has 18 heavy (non-hydrogen) atoms. The van der Waals surface area contributed by atoms with Gasteiger partial charge in [-0.25, -0.2) is 0 Å². The first kappa shape index (κ1) is 13.0. The first-order valence-electron chi connectivity index (χ1n) is 5.74. The van der Waals surface area contributed by atoms with Gasteiger partial charge >= 0.3 is 0 Å². The zero-order valence-corrected chi connectivity index (χ0v) is 12.0. The highest BCUT2D eigenvalue weighted by atomic mass is 79.9. The van der Waals surface area contributed by atoms with Crippen molar-refractivity contribution in [3.05, 3.63) is 58.1 Å². The minimum atomic E-state index is 0.201. The fourth-order valence-electron chi connectivity index (χ4n) is 1.58. The second kappa shape index (κ2) is 5.91. The molecule has 2 aromatic carbocycles. The average Bonchev–Trinajstić information content (AvgIpc) is 2.36. The van der Waals surface area contributed by atoms with Gasteiger partial charge in [0.15, 0.2) is 0 Å². The lowest BCUT2D eigenvalue weighted by molar-refractivity contribution is 0.118. The molecule has 0 heterocycles. The molecule has 0 aliphatic rings. The van der Waals surface area contributed by atoms with Crippen LogP contribution in [0.3, 0.4) is 0 Å². The lowest BCUT2D eigenvalue weighted by Gasteiger charge is -2.12. The van der Waals surface area contributed by atoms with Gasteiger partial charge in [-0.05, 0) is 59.1 Å². The molecule has 0 radical (unpaired) electrons. The van der Waals surface area contributed by atoms with Crippen molar-refractivity contribution in [2.45, 2.75) is 13.8 Å². The molecule has 0 aliphatic heterocycles. The van der Waals surface area contributed by atoms with Crippen LogP contribution >= 0.6 is 15.9 Å². The molecule has 2 nitrogen and oxygen atoms in total. The zero-order chi connectivity index (χ0) is 13.0. The highest BCUT2D eigenvalue weighted by Crippen LogP contribution is 2.24. The second-order valence-electron chi connectivity index (χ2n) is 4.11. The quantitative estimate of drug-likeness (QED) is 0.775. The molecule has 2 rings (SSSR count). The van der Waals surface area contributed by atoms with Crippen LogP contribution in [0.25, 0.3) is 0 Å². The van der Waals surface area contributed by atoms with Crippen molar-refractivity contribution < 1.29 is 9.47 Å². The Kier molecular flexibility index (Phi) is 4.26. The van der Waals surface area contributed by atoms with Crippen LogP contribution in [0.2, 0.25) is 0 Å². The van der Waals surface area contributed by atoms with Crippen LogP contribution < -0.4 is 9.47 Å². The summed E-state index contributed by atoms with van der Waals surface area (Å²) < 4.78 is 12.1. The molecule has 0 spiro atoms. The summed E-state index contributed by atoms with van der Waals surface area (Å²) in [5, 5.41) is 0. The van der Waals surface area contributed by atoms with Gasteiger partial charge in [-0.3, -0.25) is 0 Å². The average molecular weight is 307 g/mol. The normalized spacial score (nSPS) is 10.2. The maximum absolute atomic E-state index is 5.63. The molecular formula is C15H15BrO2. The molecule has 0 saturated carbocycles. The number of hydrogen-bond acceptors (Lipinski definition) is 2. The summed E-state index contributed by atoms with van der Waals surface area (Å²) in [7, 11) is 0. The van der Waals surface area contributed by atoms with Gasteiger partial charge in [0.2, 0.25) is 6.79 Å². The second-order valence-corrected chi connectivity index (χ2v) is 4.96. The maximum Gasteiger partial charge on any atom is 0.230 e. The maximum atomic E-state index is 5.63. The Labute approximate surface area is 116 Å². The van der Waals surface area contributed by atoms with Crippen molar-refractivity contribution in [1.29, 1.82) is 0 Å². The summed E-state index contributed by atoms with van der Waals surface area (Å²) >= 11 is 3.43. The smallest absolute Gasteiger partial charge is 0.230 e. The molecule has 3 heteroatoms. The summed E-state index contributed by atoms with van der Waals surface area (Å²) in [4.78, 5) is 0. The highest BCUT2D eigenvalue weighted by molar-refractivity contribution is 9.10. The van der Waals surface area contributed by atoms with Gasteiger partial charge in [-0.1, -0.05) is 24.3 Å². The van der Waals surface area contributed by atoms with Gasteiger partial charge in [0.1, 0.15) is 11.5 Å². The van der Waals surface area contributed by atoms with Gasteiger partial charge < -0.3 is 9.47 Å². The zero-order valence-electron chi connectivity index (χ0n) is 10.4. The summed E-state index contributed by atoms with van der Waals surface area (Å²) in [5.41, 5.74) is 2.29. The van der Waals surface area contributed by atoms with Crippen LogP contribution in [-0.2, 0) is 0 Å². The van der Waals surface area contributed by atoms with Crippen LogP contribution in [-0.4, -0.2) is 6.79 Å². The molecule has 0 atom stereocenters. The van der Waals surface area contributed by atoms with E-state index in [0.717, 1.165) is 21.5 Å². The molecule has 0 unspecified atom stereocenters. The molecule has 0 aliphatic carbocycles. The Bertz CT molecular complexity index is 538. The Morgan fingerprint density at radius 1 is 0.944 bits per heavy atom. The molecule has 0 amide bonds. The van der Waals surface area contributed by atoms with Crippen molar-refractivity contribution in [2.75, 3.05) is 6.79 Å². The number of rotatable bonds is 4. The van der Waals surface area contributed by atoms with E-state index in [0.29, 0.717) is 0 Å². The van der Waals surface area contributed by atoms with E-state index < -0.39 is 0 Å². The van der Waals surface area contributed by atoms with E-state index in [4.69, 9.17) is 9.47 Å². The van der Waals surface area contributed by atoms with Gasteiger partial charge in [0, 0.05) is 0 Å². The molecular weight excluding hydrogens is 292 g/mol. The van der Waals surface area contributed by atoms with Crippen LogP contribution in [0.1, 0.15) is 11.1 Å². The number of aryl methyl sites for hydroxylation is 2. The summed E-state index contributed by atoms with van der Waals surface area (Å²) in [6.45, 7) is 4.26. The number of para-hydroxylation sites is 1. The number of halogens is 1. The standard InChI is InChI=1S/C15H15BrO2/c1-11-7-8-12(2)15(9-11)18-10-17-14-6-4-3-5-13(14)16/h3-9H,10H2,1-2H3. The van der Waals surface area contributed by atoms with E-state index in [-0.39, 0.29) is 6.79 Å². The monoisotopic (exact) mass is 306 g/mol. The van der Waals surface area contributed by atoms with Crippen LogP contribution in [0.15, 0.2) is 46.9 Å². The van der Waals surface area contributed by atoms with Gasteiger partial charge in [0.25, 0.3) is 0 Å². The van der Waals surface area contributed by atoms with Crippen molar-refractivity contribution in [2.24, 2.45) is 0 Å².